The largest absolute Gasteiger partial charge is 0.483 e. The number of aromatic nitrogens is 7. The van der Waals surface area contributed by atoms with Gasteiger partial charge in [-0.3, -0.25) is 4.98 Å². The van der Waals surface area contributed by atoms with Crippen LogP contribution in [-0.2, 0) is 6.61 Å². The first kappa shape index (κ1) is 21.4. The number of hydrogen-bond acceptors (Lipinski definition) is 7. The summed E-state index contributed by atoms with van der Waals surface area (Å²) in [6.45, 7) is 0.217. The molecular weight excluding hydrogens is 482 g/mol. The fourth-order valence-corrected chi connectivity index (χ4v) is 5.11. The van der Waals surface area contributed by atoms with Gasteiger partial charge in [0.15, 0.2) is 10.8 Å². The molecule has 0 amide bonds. The summed E-state index contributed by atoms with van der Waals surface area (Å²) in [4.78, 5) is 5.15. The van der Waals surface area contributed by atoms with Gasteiger partial charge < -0.3 is 4.74 Å². The summed E-state index contributed by atoms with van der Waals surface area (Å²) in [5, 5.41) is 20.3. The summed E-state index contributed by atoms with van der Waals surface area (Å²) < 4.78 is 9.73. The first-order chi connectivity index (χ1) is 18.3. The molecule has 0 radical (unpaired) electrons. The van der Waals surface area contributed by atoms with Crippen LogP contribution in [0, 0.1) is 0 Å². The van der Waals surface area contributed by atoms with Crippen molar-refractivity contribution in [3.05, 3.63) is 109 Å². The van der Waals surface area contributed by atoms with Crippen LogP contribution < -0.4 is 4.74 Å². The van der Waals surface area contributed by atoms with Crippen LogP contribution in [0.4, 0.5) is 0 Å². The molecule has 0 saturated heterocycles. The van der Waals surface area contributed by atoms with Crippen LogP contribution >= 0.6 is 11.3 Å². The van der Waals surface area contributed by atoms with Crippen LogP contribution in [0.1, 0.15) is 5.82 Å². The Labute approximate surface area is 215 Å². The number of rotatable bonds is 6. The van der Waals surface area contributed by atoms with Gasteiger partial charge in [0.25, 0.3) is 0 Å². The number of pyridine rings is 1. The zero-order chi connectivity index (χ0) is 24.6. The third-order valence-electron chi connectivity index (χ3n) is 6.02. The Hall–Kier alpha value is -4.89. The lowest BCUT2D eigenvalue weighted by Gasteiger charge is -2.06. The molecule has 8 nitrogen and oxygen atoms in total. The highest BCUT2D eigenvalue weighted by atomic mass is 32.1. The molecule has 0 saturated carbocycles. The smallest absolute Gasteiger partial charge is 0.235 e. The maximum atomic E-state index is 6.10. The monoisotopic (exact) mass is 501 g/mol. The number of fused-ring (bicyclic) bond motifs is 2. The highest BCUT2D eigenvalue weighted by Gasteiger charge is 2.20. The zero-order valence-electron chi connectivity index (χ0n) is 19.5. The van der Waals surface area contributed by atoms with E-state index in [1.54, 1.807) is 10.7 Å². The second-order valence-corrected chi connectivity index (χ2v) is 9.33. The van der Waals surface area contributed by atoms with Crippen LogP contribution in [0.15, 0.2) is 103 Å². The van der Waals surface area contributed by atoms with Gasteiger partial charge in [-0.1, -0.05) is 78.1 Å². The quantitative estimate of drug-likeness (QED) is 0.285. The number of ether oxygens (including phenoxy) is 1. The Morgan fingerprint density at radius 3 is 2.46 bits per heavy atom. The number of benzene rings is 3. The molecule has 0 bridgehead atoms. The van der Waals surface area contributed by atoms with E-state index in [0.717, 1.165) is 38.4 Å². The summed E-state index contributed by atoms with van der Waals surface area (Å²) in [6, 6.07) is 30.0. The van der Waals surface area contributed by atoms with Gasteiger partial charge >= 0.3 is 0 Å². The summed E-state index contributed by atoms with van der Waals surface area (Å²) in [5.74, 6) is 1.31. The fraction of sp³-hybridized carbons (Fsp3) is 0.0357. The number of hydrogen-bond donors (Lipinski definition) is 0. The topological polar surface area (TPSA) is 83.0 Å². The minimum atomic E-state index is 0.217. The fourth-order valence-electron chi connectivity index (χ4n) is 4.24. The Morgan fingerprint density at radius 2 is 1.59 bits per heavy atom. The first-order valence-corrected chi connectivity index (χ1v) is 12.5. The van der Waals surface area contributed by atoms with E-state index in [9.17, 15) is 0 Å². The second kappa shape index (κ2) is 8.96. The molecule has 3 aromatic carbocycles. The van der Waals surface area contributed by atoms with E-state index in [2.05, 4.69) is 27.3 Å². The lowest BCUT2D eigenvalue weighted by atomic mass is 10.1. The zero-order valence-corrected chi connectivity index (χ0v) is 20.3. The summed E-state index contributed by atoms with van der Waals surface area (Å²) in [7, 11) is 0. The van der Waals surface area contributed by atoms with Crippen LogP contribution in [-0.4, -0.2) is 34.6 Å². The molecule has 9 heteroatoms. The van der Waals surface area contributed by atoms with Crippen molar-refractivity contribution in [3.8, 4) is 33.3 Å². The molecule has 0 aliphatic carbocycles. The van der Waals surface area contributed by atoms with E-state index >= 15 is 0 Å². The van der Waals surface area contributed by atoms with Gasteiger partial charge in [-0.05, 0) is 24.3 Å². The molecule has 0 N–H and O–H groups in total. The Morgan fingerprint density at radius 1 is 0.784 bits per heavy atom. The minimum Gasteiger partial charge on any atom is -0.483 e. The normalized spacial score (nSPS) is 11.4. The Bertz CT molecular complexity index is 1840. The van der Waals surface area contributed by atoms with Gasteiger partial charge in [-0.2, -0.15) is 14.7 Å². The second-order valence-electron chi connectivity index (χ2n) is 8.38. The molecule has 7 rings (SSSR count). The van der Waals surface area contributed by atoms with Crippen molar-refractivity contribution >= 4 is 27.2 Å². The van der Waals surface area contributed by atoms with E-state index < -0.39 is 0 Å². The lowest BCUT2D eigenvalue weighted by molar-refractivity contribution is 0.296. The third kappa shape index (κ3) is 3.91. The van der Waals surface area contributed by atoms with Gasteiger partial charge in [0.05, 0.1) is 11.3 Å². The molecular formula is C28H19N7OS. The molecule has 0 aliphatic heterocycles. The Kier molecular flexibility index (Phi) is 5.18. The molecule has 37 heavy (non-hydrogen) atoms. The van der Waals surface area contributed by atoms with E-state index in [4.69, 9.17) is 14.9 Å². The summed E-state index contributed by atoms with van der Waals surface area (Å²) in [6.07, 6.45) is 3.78. The number of nitrogens with zero attached hydrogens (tertiary/aromatic N) is 7. The molecule has 4 aromatic heterocycles. The van der Waals surface area contributed by atoms with Crippen molar-refractivity contribution in [2.24, 2.45) is 0 Å². The molecule has 0 unspecified atom stereocenters. The molecule has 0 spiro atoms. The molecule has 4 heterocycles. The van der Waals surface area contributed by atoms with E-state index in [-0.39, 0.29) is 6.61 Å². The van der Waals surface area contributed by atoms with Gasteiger partial charge in [-0.25, -0.2) is 4.68 Å². The minimum absolute atomic E-state index is 0.217. The number of para-hydroxylation sites is 2. The maximum absolute atomic E-state index is 6.10. The average Bonchev–Trinajstić information content (AvgIpc) is 3.68. The van der Waals surface area contributed by atoms with Crippen molar-refractivity contribution in [2.45, 2.75) is 6.61 Å². The predicted octanol–water partition coefficient (Wildman–Crippen LogP) is 5.83. The predicted molar refractivity (Wildman–Crippen MR) is 143 cm³/mol. The lowest BCUT2D eigenvalue weighted by Crippen LogP contribution is -2.03. The standard InChI is InChI=1S/C28H19N7OS/c1-3-9-19(10-4-1)25-22(17-34(32-25)21-13-5-2-6-14-21)27-33-35-24(30-31-28(35)37-27)18-36-23-15-7-11-20-12-8-16-29-26(20)23/h1-17H,18H2. The summed E-state index contributed by atoms with van der Waals surface area (Å²) >= 11 is 1.47. The molecule has 7 aromatic rings. The molecule has 0 fully saturated rings. The van der Waals surface area contributed by atoms with Crippen molar-refractivity contribution in [1.82, 2.24) is 34.6 Å². The van der Waals surface area contributed by atoms with Crippen molar-refractivity contribution in [2.75, 3.05) is 0 Å². The van der Waals surface area contributed by atoms with Crippen molar-refractivity contribution < 1.29 is 4.74 Å². The highest BCUT2D eigenvalue weighted by Crippen LogP contribution is 2.34. The van der Waals surface area contributed by atoms with Gasteiger partial charge in [-0.15, -0.1) is 10.2 Å². The van der Waals surface area contributed by atoms with E-state index in [1.165, 1.54) is 11.3 Å². The van der Waals surface area contributed by atoms with Crippen molar-refractivity contribution in [3.63, 3.8) is 0 Å². The van der Waals surface area contributed by atoms with Crippen LogP contribution in [0.3, 0.4) is 0 Å². The van der Waals surface area contributed by atoms with Gasteiger partial charge in [0, 0.05) is 23.3 Å². The Balaban J connectivity index is 1.26. The SMILES string of the molecule is c1ccc(-c2nn(-c3ccccc3)cc2-c2nn3c(COc4cccc5cccnc45)nnc3s2)cc1. The first-order valence-electron chi connectivity index (χ1n) is 11.7. The van der Waals surface area contributed by atoms with E-state index in [0.29, 0.717) is 16.5 Å². The average molecular weight is 502 g/mol. The van der Waals surface area contributed by atoms with Gasteiger partial charge in [0.2, 0.25) is 4.96 Å². The van der Waals surface area contributed by atoms with Crippen LogP contribution in [0.25, 0.3) is 43.4 Å². The highest BCUT2D eigenvalue weighted by molar-refractivity contribution is 7.19. The van der Waals surface area contributed by atoms with Crippen LogP contribution in [0.5, 0.6) is 5.75 Å². The summed E-state index contributed by atoms with van der Waals surface area (Å²) in [5.41, 5.74) is 4.59. The van der Waals surface area contributed by atoms with Crippen molar-refractivity contribution in [1.29, 1.82) is 0 Å². The molecule has 178 valence electrons. The third-order valence-corrected chi connectivity index (χ3v) is 6.95. The maximum Gasteiger partial charge on any atom is 0.235 e. The van der Waals surface area contributed by atoms with E-state index in [1.807, 2.05) is 89.7 Å². The molecule has 0 atom stereocenters. The molecule has 0 aliphatic rings. The van der Waals surface area contributed by atoms with Gasteiger partial charge in [0.1, 0.15) is 23.6 Å². The van der Waals surface area contributed by atoms with Crippen LogP contribution in [0.2, 0.25) is 0 Å².